The van der Waals surface area contributed by atoms with E-state index in [4.69, 9.17) is 4.74 Å². The van der Waals surface area contributed by atoms with E-state index in [1.165, 1.54) is 31.0 Å². The molecule has 0 amide bonds. The number of halogens is 1. The largest absolute Gasteiger partial charge is 0.478 e. The van der Waals surface area contributed by atoms with E-state index in [0.717, 1.165) is 80.0 Å². The first-order valence-corrected chi connectivity index (χ1v) is 14.0. The summed E-state index contributed by atoms with van der Waals surface area (Å²) in [5.74, 6) is -0.970. The molecule has 0 radical (unpaired) electrons. The molecule has 1 saturated heterocycles. The van der Waals surface area contributed by atoms with Crippen LogP contribution in [0.5, 0.6) is 0 Å². The maximum Gasteiger partial charge on any atom is 0.335 e. The Morgan fingerprint density at radius 3 is 2.44 bits per heavy atom. The minimum atomic E-state index is -0.915. The van der Waals surface area contributed by atoms with Gasteiger partial charge in [-0.25, -0.2) is 9.78 Å². The van der Waals surface area contributed by atoms with Crippen LogP contribution in [0.4, 0.5) is 4.39 Å². The van der Waals surface area contributed by atoms with Gasteiger partial charge in [0, 0.05) is 48.8 Å². The van der Waals surface area contributed by atoms with Gasteiger partial charge in [-0.15, -0.1) is 0 Å². The third-order valence-corrected chi connectivity index (χ3v) is 8.34. The molecular weight excluding hydrogens is 493 g/mol. The van der Waals surface area contributed by atoms with Crippen LogP contribution < -0.4 is 0 Å². The number of benzene rings is 2. The maximum atomic E-state index is 14.4. The number of hydrogen-bond acceptors (Lipinski definition) is 4. The highest BCUT2D eigenvalue weighted by Crippen LogP contribution is 2.44. The fourth-order valence-corrected chi connectivity index (χ4v) is 6.33. The van der Waals surface area contributed by atoms with E-state index in [0.29, 0.717) is 17.0 Å². The predicted molar refractivity (Wildman–Crippen MR) is 151 cm³/mol. The molecule has 4 aromatic rings. The van der Waals surface area contributed by atoms with E-state index in [1.807, 2.05) is 24.3 Å². The van der Waals surface area contributed by atoms with E-state index in [-0.39, 0.29) is 0 Å². The summed E-state index contributed by atoms with van der Waals surface area (Å²) in [5, 5.41) is 10.9. The number of ether oxygens (including phenoxy) is 1. The van der Waals surface area contributed by atoms with Crippen molar-refractivity contribution < 1.29 is 19.0 Å². The van der Waals surface area contributed by atoms with Crippen LogP contribution in [0.15, 0.2) is 60.8 Å². The van der Waals surface area contributed by atoms with Crippen molar-refractivity contribution in [2.75, 3.05) is 32.8 Å². The highest BCUT2D eigenvalue weighted by molar-refractivity contribution is 5.98. The van der Waals surface area contributed by atoms with Crippen molar-refractivity contribution >= 4 is 16.9 Å². The predicted octanol–water partition coefficient (Wildman–Crippen LogP) is 6.59. The molecular formula is C32H34FN3O3. The Morgan fingerprint density at radius 2 is 1.72 bits per heavy atom. The molecule has 202 valence electrons. The van der Waals surface area contributed by atoms with Crippen LogP contribution in [0, 0.1) is 5.95 Å². The highest BCUT2D eigenvalue weighted by Gasteiger charge is 2.27. The van der Waals surface area contributed by atoms with E-state index < -0.39 is 11.9 Å². The molecule has 2 aromatic carbocycles. The molecule has 3 heterocycles. The van der Waals surface area contributed by atoms with Gasteiger partial charge in [-0.2, -0.15) is 4.39 Å². The van der Waals surface area contributed by atoms with Crippen LogP contribution in [0.25, 0.3) is 33.3 Å². The van der Waals surface area contributed by atoms with Gasteiger partial charge < -0.3 is 14.4 Å². The molecule has 6 rings (SSSR count). The van der Waals surface area contributed by atoms with Crippen LogP contribution in [-0.2, 0) is 11.3 Å². The normalized spacial score (nSPS) is 17.1. The Morgan fingerprint density at radius 1 is 0.974 bits per heavy atom. The lowest BCUT2D eigenvalue weighted by Crippen LogP contribution is -2.38. The first-order valence-electron chi connectivity index (χ1n) is 14.0. The third kappa shape index (κ3) is 5.21. The lowest BCUT2D eigenvalue weighted by Gasteiger charge is -2.27. The quantitative estimate of drug-likeness (QED) is 0.275. The molecule has 2 aliphatic rings. The molecule has 1 aliphatic carbocycles. The number of aromatic carboxylic acids is 1. The van der Waals surface area contributed by atoms with Gasteiger partial charge >= 0.3 is 5.97 Å². The SMILES string of the molecule is O=C(O)c1ccc2c(C3CCCCC3)c(-c3ccc(-c4cccnc4F)cc3)n(CCN3CCOCC3)c2c1. The monoisotopic (exact) mass is 527 g/mol. The van der Waals surface area contributed by atoms with Crippen LogP contribution in [-0.4, -0.2) is 58.4 Å². The second-order valence-electron chi connectivity index (χ2n) is 10.7. The minimum Gasteiger partial charge on any atom is -0.478 e. The number of carbonyl (C=O) groups is 1. The standard InChI is InChI=1S/C32H34FN3O3/c33-31-26(7-4-14-34-31)22-8-10-24(11-9-22)30-29(23-5-2-1-3-6-23)27-13-12-25(32(37)38)21-28(27)36(30)16-15-35-17-19-39-20-18-35/h4,7-14,21,23H,1-3,5-6,15-20H2,(H,37,38). The number of carboxylic acid groups (broad SMARTS) is 1. The minimum absolute atomic E-state index is 0.303. The number of pyridine rings is 1. The van der Waals surface area contributed by atoms with E-state index in [2.05, 4.69) is 26.6 Å². The zero-order valence-electron chi connectivity index (χ0n) is 22.1. The van der Waals surface area contributed by atoms with Crippen molar-refractivity contribution in [3.05, 3.63) is 77.9 Å². The van der Waals surface area contributed by atoms with Gasteiger partial charge in [0.15, 0.2) is 0 Å². The summed E-state index contributed by atoms with van der Waals surface area (Å²) in [4.78, 5) is 18.2. The maximum absolute atomic E-state index is 14.4. The summed E-state index contributed by atoms with van der Waals surface area (Å²) in [5.41, 5.74) is 6.09. The molecule has 0 unspecified atom stereocenters. The number of morpholine rings is 1. The Hall–Kier alpha value is -3.55. The van der Waals surface area contributed by atoms with Crippen LogP contribution in [0.3, 0.4) is 0 Å². The number of aromatic nitrogens is 2. The van der Waals surface area contributed by atoms with Crippen molar-refractivity contribution in [1.29, 1.82) is 0 Å². The van der Waals surface area contributed by atoms with Gasteiger partial charge in [0.25, 0.3) is 0 Å². The molecule has 39 heavy (non-hydrogen) atoms. The Kier molecular flexibility index (Phi) is 7.44. The Bertz CT molecular complexity index is 1470. The fraction of sp³-hybridized carbons (Fsp3) is 0.375. The van der Waals surface area contributed by atoms with Crippen molar-refractivity contribution in [1.82, 2.24) is 14.5 Å². The van der Waals surface area contributed by atoms with Crippen LogP contribution in [0.1, 0.15) is 53.9 Å². The molecule has 1 saturated carbocycles. The summed E-state index contributed by atoms with van der Waals surface area (Å²) < 4.78 is 22.3. The Balaban J connectivity index is 1.50. The van der Waals surface area contributed by atoms with Gasteiger partial charge in [-0.3, -0.25) is 4.90 Å². The number of carboxylic acids is 1. The molecule has 0 spiro atoms. The number of rotatable bonds is 7. The summed E-state index contributed by atoms with van der Waals surface area (Å²) in [6.45, 7) is 4.89. The molecule has 2 fully saturated rings. The average Bonchev–Trinajstić information content (AvgIpc) is 3.31. The molecule has 1 N–H and O–H groups in total. The second-order valence-corrected chi connectivity index (χ2v) is 10.7. The number of fused-ring (bicyclic) bond motifs is 1. The second kappa shape index (κ2) is 11.3. The lowest BCUT2D eigenvalue weighted by molar-refractivity contribution is 0.0366. The average molecular weight is 528 g/mol. The van der Waals surface area contributed by atoms with Gasteiger partial charge in [0.1, 0.15) is 0 Å². The molecule has 0 bridgehead atoms. The Labute approximate surface area is 228 Å². The van der Waals surface area contributed by atoms with E-state index in [9.17, 15) is 14.3 Å². The molecule has 1 aliphatic heterocycles. The zero-order chi connectivity index (χ0) is 26.8. The summed E-state index contributed by atoms with van der Waals surface area (Å²) in [7, 11) is 0. The van der Waals surface area contributed by atoms with E-state index in [1.54, 1.807) is 18.2 Å². The highest BCUT2D eigenvalue weighted by atomic mass is 19.1. The smallest absolute Gasteiger partial charge is 0.335 e. The first kappa shape index (κ1) is 25.7. The fourth-order valence-electron chi connectivity index (χ4n) is 6.33. The number of nitrogens with zero attached hydrogens (tertiary/aromatic N) is 3. The van der Waals surface area contributed by atoms with Crippen molar-refractivity contribution in [2.24, 2.45) is 0 Å². The molecule has 0 atom stereocenters. The van der Waals surface area contributed by atoms with Crippen LogP contribution >= 0.6 is 0 Å². The van der Waals surface area contributed by atoms with Crippen molar-refractivity contribution in [3.8, 4) is 22.4 Å². The first-order chi connectivity index (χ1) is 19.1. The molecule has 6 nitrogen and oxygen atoms in total. The van der Waals surface area contributed by atoms with Gasteiger partial charge in [-0.05, 0) is 59.7 Å². The summed E-state index contributed by atoms with van der Waals surface area (Å²) >= 11 is 0. The van der Waals surface area contributed by atoms with E-state index >= 15 is 0 Å². The summed E-state index contributed by atoms with van der Waals surface area (Å²) in [6.07, 6.45) is 7.40. The van der Waals surface area contributed by atoms with Gasteiger partial charge in [0.2, 0.25) is 5.95 Å². The third-order valence-electron chi connectivity index (χ3n) is 8.34. The van der Waals surface area contributed by atoms with Gasteiger partial charge in [-0.1, -0.05) is 49.6 Å². The van der Waals surface area contributed by atoms with Crippen LogP contribution in [0.2, 0.25) is 0 Å². The van der Waals surface area contributed by atoms with Crippen molar-refractivity contribution in [3.63, 3.8) is 0 Å². The summed E-state index contributed by atoms with van der Waals surface area (Å²) in [6, 6.07) is 17.2. The molecule has 2 aromatic heterocycles. The molecule has 7 heteroatoms. The lowest BCUT2D eigenvalue weighted by atomic mass is 9.81. The number of hydrogen-bond donors (Lipinski definition) is 1. The van der Waals surface area contributed by atoms with Crippen molar-refractivity contribution in [2.45, 2.75) is 44.6 Å². The van der Waals surface area contributed by atoms with Gasteiger partial charge in [0.05, 0.1) is 24.5 Å². The zero-order valence-corrected chi connectivity index (χ0v) is 22.1. The topological polar surface area (TPSA) is 67.6 Å².